The molecule has 1 nitrogen and oxygen atoms in total. The van der Waals surface area contributed by atoms with Crippen molar-refractivity contribution in [1.29, 1.82) is 0 Å². The summed E-state index contributed by atoms with van der Waals surface area (Å²) in [5.41, 5.74) is 12.1. The van der Waals surface area contributed by atoms with Crippen molar-refractivity contribution >= 4 is 0 Å². The van der Waals surface area contributed by atoms with Gasteiger partial charge in [-0.25, -0.2) is 0 Å². The Morgan fingerprint density at radius 2 is 1.61 bits per heavy atom. The molecule has 0 aliphatic heterocycles. The first kappa shape index (κ1) is 36.6. The third-order valence-electron chi connectivity index (χ3n) is 13.5. The summed E-state index contributed by atoms with van der Waals surface area (Å²) < 4.78 is 0. The van der Waals surface area contributed by atoms with Crippen molar-refractivity contribution in [2.24, 2.45) is 51.1 Å². The Morgan fingerprint density at radius 3 is 2.16 bits per heavy atom. The molecule has 0 heterocycles. The zero-order chi connectivity index (χ0) is 31.5. The first-order valence-corrected chi connectivity index (χ1v) is 18.0. The van der Waals surface area contributed by atoms with E-state index < -0.39 is 0 Å². The van der Waals surface area contributed by atoms with Gasteiger partial charge in [-0.2, -0.15) is 0 Å². The SMILES string of the molecule is C.C=C/C=C1/CCC2C(CCC3(C)C2CCC3(CC)C(=C)C)C1(C)/C=C\C.CC.NC1CC2(C1)CC(Cc1ccccc1)C2. The van der Waals surface area contributed by atoms with Crippen LogP contribution in [0.1, 0.15) is 132 Å². The van der Waals surface area contributed by atoms with Crippen LogP contribution < -0.4 is 5.73 Å². The molecule has 5 aliphatic rings. The van der Waals surface area contributed by atoms with E-state index in [1.165, 1.54) is 88.2 Å². The third kappa shape index (κ3) is 6.38. The second kappa shape index (κ2) is 14.7. The number of hydrogen-bond acceptors (Lipinski definition) is 1. The number of hydrogen-bond donors (Lipinski definition) is 1. The highest BCUT2D eigenvalue weighted by Gasteiger charge is 2.63. The fourth-order valence-electron chi connectivity index (χ4n) is 11.6. The molecule has 1 aromatic carbocycles. The minimum Gasteiger partial charge on any atom is -0.328 e. The van der Waals surface area contributed by atoms with E-state index in [2.05, 4.69) is 96.3 Å². The highest BCUT2D eigenvalue weighted by atomic mass is 14.7. The van der Waals surface area contributed by atoms with Crippen LogP contribution in [-0.4, -0.2) is 6.04 Å². The van der Waals surface area contributed by atoms with Gasteiger partial charge in [-0.15, -0.1) is 0 Å². The van der Waals surface area contributed by atoms with Crippen molar-refractivity contribution in [2.45, 2.75) is 139 Å². The summed E-state index contributed by atoms with van der Waals surface area (Å²) in [6.45, 7) is 24.5. The Kier molecular flexibility index (Phi) is 12.2. The van der Waals surface area contributed by atoms with E-state index in [-0.39, 0.29) is 12.8 Å². The van der Waals surface area contributed by atoms with Gasteiger partial charge in [0.25, 0.3) is 0 Å². The molecule has 1 heteroatoms. The minimum atomic E-state index is 0. The lowest BCUT2D eigenvalue weighted by atomic mass is 9.45. The van der Waals surface area contributed by atoms with Crippen molar-refractivity contribution in [3.8, 4) is 0 Å². The molecule has 1 spiro atoms. The summed E-state index contributed by atoms with van der Waals surface area (Å²) >= 11 is 0. The van der Waals surface area contributed by atoms with Gasteiger partial charge < -0.3 is 5.73 Å². The number of benzene rings is 1. The van der Waals surface area contributed by atoms with Gasteiger partial charge in [-0.1, -0.05) is 121 Å². The molecular weight excluding hydrogens is 530 g/mol. The fourth-order valence-corrected chi connectivity index (χ4v) is 11.6. The molecule has 5 saturated carbocycles. The van der Waals surface area contributed by atoms with Gasteiger partial charge in [0.05, 0.1) is 0 Å². The third-order valence-corrected chi connectivity index (χ3v) is 13.5. The average molecular weight is 600 g/mol. The zero-order valence-electron chi connectivity index (χ0n) is 29.1. The molecule has 1 aromatic rings. The second-order valence-corrected chi connectivity index (χ2v) is 15.5. The monoisotopic (exact) mass is 600 g/mol. The van der Waals surface area contributed by atoms with E-state index in [1.54, 1.807) is 5.57 Å². The Morgan fingerprint density at radius 1 is 0.977 bits per heavy atom. The molecule has 0 bridgehead atoms. The van der Waals surface area contributed by atoms with Gasteiger partial charge in [-0.3, -0.25) is 0 Å². The molecule has 44 heavy (non-hydrogen) atoms. The van der Waals surface area contributed by atoms with Crippen LogP contribution in [0.15, 0.2) is 78.9 Å². The molecule has 0 amide bonds. The summed E-state index contributed by atoms with van der Waals surface area (Å²) in [4.78, 5) is 0. The van der Waals surface area contributed by atoms with Crippen LogP contribution in [0.25, 0.3) is 0 Å². The van der Waals surface area contributed by atoms with Gasteiger partial charge in [0.1, 0.15) is 0 Å². The largest absolute Gasteiger partial charge is 0.328 e. The smallest absolute Gasteiger partial charge is 0.00964 e. The topological polar surface area (TPSA) is 26.0 Å². The standard InChI is InChI=1S/C26H40.C14H19N.C2H6.CH4/c1-8-11-20-12-13-21-22(24(20,6)16-9-2)14-17-25(7)23(21)15-18-26(25,10-3)19(4)5;15-13-9-14(10-13)7-12(8-14)6-11-4-2-1-3-5-11;1-2;/h8-9,11,16,21-23H,1,4,10,12-15,17-18H2,2-3,5-7H3;1-5,12-13H,6-10,15H2;1-2H3;1H4/b16-9-,20-11-;;;. The first-order chi connectivity index (χ1) is 20.6. The van der Waals surface area contributed by atoms with E-state index in [4.69, 9.17) is 5.73 Å². The normalized spacial score (nSPS) is 41.0. The van der Waals surface area contributed by atoms with Gasteiger partial charge in [-0.05, 0) is 136 Å². The molecule has 246 valence electrons. The Balaban J connectivity index is 0.000000249. The molecule has 6 unspecified atom stereocenters. The van der Waals surface area contributed by atoms with E-state index in [1.807, 2.05) is 19.9 Å². The van der Waals surface area contributed by atoms with Crippen molar-refractivity contribution in [3.63, 3.8) is 0 Å². The quantitative estimate of drug-likeness (QED) is 0.323. The molecule has 0 radical (unpaired) electrons. The van der Waals surface area contributed by atoms with Crippen LogP contribution in [0.3, 0.4) is 0 Å². The fraction of sp³-hybridized carbons (Fsp3) is 0.674. The van der Waals surface area contributed by atoms with Crippen LogP contribution in [0.2, 0.25) is 0 Å². The molecule has 0 aromatic heterocycles. The zero-order valence-corrected chi connectivity index (χ0v) is 29.1. The maximum atomic E-state index is 5.86. The highest BCUT2D eigenvalue weighted by molar-refractivity contribution is 5.31. The van der Waals surface area contributed by atoms with Gasteiger partial charge in [0, 0.05) is 11.5 Å². The summed E-state index contributed by atoms with van der Waals surface area (Å²) in [7, 11) is 0. The lowest BCUT2D eigenvalue weighted by Gasteiger charge is -2.59. The first-order valence-electron chi connectivity index (χ1n) is 18.0. The van der Waals surface area contributed by atoms with E-state index in [9.17, 15) is 0 Å². The van der Waals surface area contributed by atoms with Crippen LogP contribution in [0.5, 0.6) is 0 Å². The maximum Gasteiger partial charge on any atom is 0.00964 e. The lowest BCUT2D eigenvalue weighted by Crippen LogP contribution is -2.53. The van der Waals surface area contributed by atoms with Crippen LogP contribution in [0, 0.1) is 45.3 Å². The summed E-state index contributed by atoms with van der Waals surface area (Å²) in [5, 5.41) is 0. The number of rotatable bonds is 6. The second-order valence-electron chi connectivity index (χ2n) is 15.5. The predicted molar refractivity (Wildman–Crippen MR) is 196 cm³/mol. The highest BCUT2D eigenvalue weighted by Crippen LogP contribution is 2.71. The van der Waals surface area contributed by atoms with Gasteiger partial charge >= 0.3 is 0 Å². The molecular formula is C43H69N. The maximum absolute atomic E-state index is 5.86. The van der Waals surface area contributed by atoms with Crippen molar-refractivity contribution in [2.75, 3.05) is 0 Å². The van der Waals surface area contributed by atoms with Gasteiger partial charge in [0.2, 0.25) is 0 Å². The predicted octanol–water partition coefficient (Wildman–Crippen LogP) is 12.3. The number of allylic oxidation sites excluding steroid dienone is 6. The number of fused-ring (bicyclic) bond motifs is 3. The lowest BCUT2D eigenvalue weighted by molar-refractivity contribution is -0.0569. The van der Waals surface area contributed by atoms with Crippen LogP contribution in [0.4, 0.5) is 0 Å². The van der Waals surface area contributed by atoms with Crippen molar-refractivity contribution in [3.05, 3.63) is 84.5 Å². The Bertz CT molecular complexity index is 1140. The molecule has 6 rings (SSSR count). The van der Waals surface area contributed by atoms with E-state index >= 15 is 0 Å². The summed E-state index contributed by atoms with van der Waals surface area (Å²) in [6.07, 6.45) is 25.2. The van der Waals surface area contributed by atoms with Crippen LogP contribution in [-0.2, 0) is 6.42 Å². The van der Waals surface area contributed by atoms with E-state index in [0.717, 1.165) is 23.7 Å². The average Bonchev–Trinajstić information content (AvgIpc) is 3.28. The number of nitrogens with two attached hydrogens (primary N) is 1. The molecule has 2 N–H and O–H groups in total. The Labute approximate surface area is 274 Å². The molecule has 6 atom stereocenters. The van der Waals surface area contributed by atoms with Crippen LogP contribution >= 0.6 is 0 Å². The summed E-state index contributed by atoms with van der Waals surface area (Å²) in [6, 6.07) is 11.4. The minimum absolute atomic E-state index is 0. The van der Waals surface area contributed by atoms with Crippen molar-refractivity contribution in [1.82, 2.24) is 0 Å². The Hall–Kier alpha value is -1.86. The van der Waals surface area contributed by atoms with E-state index in [0.29, 0.717) is 22.3 Å². The molecule has 5 aliphatic carbocycles. The summed E-state index contributed by atoms with van der Waals surface area (Å²) in [5.74, 6) is 3.45. The molecule has 0 saturated heterocycles. The molecule has 5 fully saturated rings. The van der Waals surface area contributed by atoms with Gasteiger partial charge in [0.15, 0.2) is 0 Å². The van der Waals surface area contributed by atoms with Crippen molar-refractivity contribution < 1.29 is 0 Å².